The summed E-state index contributed by atoms with van der Waals surface area (Å²) in [5, 5.41) is 0. The van der Waals surface area contributed by atoms with E-state index >= 15 is 0 Å². The third kappa shape index (κ3) is 3.19. The van der Waals surface area contributed by atoms with Crippen LogP contribution in [0.3, 0.4) is 0 Å². The topological polar surface area (TPSA) is 63.4 Å². The molecule has 0 aromatic heterocycles. The van der Waals surface area contributed by atoms with Crippen LogP contribution in [0.4, 0.5) is 0 Å². The highest BCUT2D eigenvalue weighted by molar-refractivity contribution is 7.89. The number of nitrogens with zero attached hydrogens (tertiary/aromatic N) is 1. The van der Waals surface area contributed by atoms with Gasteiger partial charge in [0, 0.05) is 18.7 Å². The van der Waals surface area contributed by atoms with E-state index in [1.165, 1.54) is 0 Å². The molecule has 0 saturated heterocycles. The number of nitrogens with two attached hydrogens (primary N) is 1. The number of hydrogen-bond acceptors (Lipinski definition) is 3. The van der Waals surface area contributed by atoms with Crippen molar-refractivity contribution in [1.29, 1.82) is 0 Å². The lowest BCUT2D eigenvalue weighted by Gasteiger charge is -2.21. The van der Waals surface area contributed by atoms with E-state index in [4.69, 9.17) is 18.0 Å². The Kier molecular flexibility index (Phi) is 4.46. The maximum absolute atomic E-state index is 12.8. The van der Waals surface area contributed by atoms with Crippen LogP contribution in [0.25, 0.3) is 0 Å². The number of hydrogen-bond donors (Lipinski definition) is 1. The van der Waals surface area contributed by atoms with Crippen molar-refractivity contribution in [2.24, 2.45) is 11.7 Å². The van der Waals surface area contributed by atoms with Gasteiger partial charge in [-0.3, -0.25) is 0 Å². The van der Waals surface area contributed by atoms with E-state index in [9.17, 15) is 8.42 Å². The van der Waals surface area contributed by atoms with Crippen molar-refractivity contribution in [1.82, 2.24) is 4.31 Å². The van der Waals surface area contributed by atoms with E-state index in [1.54, 1.807) is 29.4 Å². The van der Waals surface area contributed by atoms with Gasteiger partial charge in [0.15, 0.2) is 0 Å². The van der Waals surface area contributed by atoms with E-state index in [2.05, 4.69) is 0 Å². The number of rotatable bonds is 6. The van der Waals surface area contributed by atoms with Gasteiger partial charge in [0.1, 0.15) is 4.99 Å². The molecule has 0 amide bonds. The Bertz CT molecular complexity index is 622. The van der Waals surface area contributed by atoms with Crippen LogP contribution in [-0.4, -0.2) is 30.8 Å². The van der Waals surface area contributed by atoms with Crippen LogP contribution >= 0.6 is 12.2 Å². The molecule has 2 rings (SSSR count). The average molecular weight is 312 g/mol. The standard InChI is InChI=1S/C14H20N2O2S2/c1-3-16(9-11-5-6-11)20(17,18)13-8-12(14(15)19)7-4-10(13)2/h4,7-8,11H,3,5-6,9H2,1-2H3,(H2,15,19). The maximum Gasteiger partial charge on any atom is 0.243 e. The highest BCUT2D eigenvalue weighted by atomic mass is 32.2. The van der Waals surface area contributed by atoms with Crippen molar-refractivity contribution in [3.05, 3.63) is 29.3 Å². The van der Waals surface area contributed by atoms with Crippen molar-refractivity contribution >= 4 is 27.2 Å². The smallest absolute Gasteiger partial charge is 0.243 e. The molecule has 0 radical (unpaired) electrons. The molecule has 0 atom stereocenters. The van der Waals surface area contributed by atoms with E-state index in [-0.39, 0.29) is 4.99 Å². The molecule has 0 unspecified atom stereocenters. The van der Waals surface area contributed by atoms with Gasteiger partial charge in [-0.05, 0) is 37.3 Å². The van der Waals surface area contributed by atoms with E-state index in [0.29, 0.717) is 29.5 Å². The minimum absolute atomic E-state index is 0.215. The molecule has 1 aliphatic carbocycles. The SMILES string of the molecule is CCN(CC1CC1)S(=O)(=O)c1cc(C(N)=S)ccc1C. The first-order valence-electron chi connectivity index (χ1n) is 6.77. The molecule has 0 heterocycles. The molecule has 0 spiro atoms. The van der Waals surface area contributed by atoms with Gasteiger partial charge in [-0.1, -0.05) is 31.3 Å². The molecule has 1 saturated carbocycles. The van der Waals surface area contributed by atoms with Gasteiger partial charge >= 0.3 is 0 Å². The largest absolute Gasteiger partial charge is 0.389 e. The van der Waals surface area contributed by atoms with Gasteiger partial charge in [-0.25, -0.2) is 8.42 Å². The Morgan fingerprint density at radius 1 is 1.45 bits per heavy atom. The van der Waals surface area contributed by atoms with Gasteiger partial charge in [0.05, 0.1) is 4.90 Å². The zero-order valence-corrected chi connectivity index (χ0v) is 13.4. The maximum atomic E-state index is 12.8. The summed E-state index contributed by atoms with van der Waals surface area (Å²) in [7, 11) is -3.47. The summed E-state index contributed by atoms with van der Waals surface area (Å²) in [4.78, 5) is 0.525. The molecule has 6 heteroatoms. The van der Waals surface area contributed by atoms with Crippen LogP contribution in [0.2, 0.25) is 0 Å². The zero-order valence-electron chi connectivity index (χ0n) is 11.8. The third-order valence-electron chi connectivity index (χ3n) is 3.60. The van der Waals surface area contributed by atoms with Crippen LogP contribution in [0.15, 0.2) is 23.1 Å². The van der Waals surface area contributed by atoms with E-state index in [1.807, 2.05) is 6.92 Å². The predicted octanol–water partition coefficient (Wildman–Crippen LogP) is 2.05. The lowest BCUT2D eigenvalue weighted by molar-refractivity contribution is 0.411. The first-order chi connectivity index (χ1) is 9.36. The highest BCUT2D eigenvalue weighted by Gasteiger charge is 2.31. The molecular weight excluding hydrogens is 292 g/mol. The van der Waals surface area contributed by atoms with Gasteiger partial charge in [0.2, 0.25) is 10.0 Å². The zero-order chi connectivity index (χ0) is 14.9. The fourth-order valence-electron chi connectivity index (χ4n) is 2.16. The molecule has 0 bridgehead atoms. The van der Waals surface area contributed by atoms with E-state index in [0.717, 1.165) is 18.4 Å². The summed E-state index contributed by atoms with van der Waals surface area (Å²) >= 11 is 4.93. The second-order valence-electron chi connectivity index (χ2n) is 5.24. The Labute approximate surface area is 126 Å². The van der Waals surface area contributed by atoms with Gasteiger partial charge in [-0.15, -0.1) is 0 Å². The van der Waals surface area contributed by atoms with Crippen molar-refractivity contribution in [3.63, 3.8) is 0 Å². The fourth-order valence-corrected chi connectivity index (χ4v) is 4.06. The molecule has 1 fully saturated rings. The van der Waals surface area contributed by atoms with Gasteiger partial charge in [0.25, 0.3) is 0 Å². The summed E-state index contributed by atoms with van der Waals surface area (Å²) < 4.78 is 27.1. The minimum atomic E-state index is -3.47. The normalized spacial score (nSPS) is 15.6. The number of benzene rings is 1. The van der Waals surface area contributed by atoms with Crippen molar-refractivity contribution < 1.29 is 8.42 Å². The third-order valence-corrected chi connectivity index (χ3v) is 5.92. The Balaban J connectivity index is 2.40. The van der Waals surface area contributed by atoms with Crippen LogP contribution in [-0.2, 0) is 10.0 Å². The molecule has 1 aromatic rings. The van der Waals surface area contributed by atoms with Crippen LogP contribution in [0, 0.1) is 12.8 Å². The van der Waals surface area contributed by atoms with Crippen molar-refractivity contribution in [2.45, 2.75) is 31.6 Å². The molecule has 0 aliphatic heterocycles. The molecule has 20 heavy (non-hydrogen) atoms. The average Bonchev–Trinajstić information content (AvgIpc) is 3.19. The molecule has 4 nitrogen and oxygen atoms in total. The molecular formula is C14H20N2O2S2. The minimum Gasteiger partial charge on any atom is -0.389 e. The van der Waals surface area contributed by atoms with Gasteiger partial charge in [-0.2, -0.15) is 4.31 Å². The van der Waals surface area contributed by atoms with Crippen LogP contribution in [0.1, 0.15) is 30.9 Å². The predicted molar refractivity (Wildman–Crippen MR) is 84.2 cm³/mol. The number of aryl methyl sites for hydroxylation is 1. The molecule has 110 valence electrons. The van der Waals surface area contributed by atoms with E-state index < -0.39 is 10.0 Å². The summed E-state index contributed by atoms with van der Waals surface area (Å²) in [6, 6.07) is 5.10. The quantitative estimate of drug-likeness (QED) is 0.817. The Hall–Kier alpha value is -0.980. The molecule has 2 N–H and O–H groups in total. The monoisotopic (exact) mass is 312 g/mol. The molecule has 1 aliphatic rings. The van der Waals surface area contributed by atoms with Gasteiger partial charge < -0.3 is 5.73 Å². The first kappa shape index (κ1) is 15.4. The second kappa shape index (κ2) is 5.79. The Morgan fingerprint density at radius 2 is 2.10 bits per heavy atom. The first-order valence-corrected chi connectivity index (χ1v) is 8.61. The summed E-state index contributed by atoms with van der Waals surface area (Å²) in [5.41, 5.74) is 6.91. The number of sulfonamides is 1. The summed E-state index contributed by atoms with van der Waals surface area (Å²) in [6.45, 7) is 4.75. The second-order valence-corrected chi connectivity index (χ2v) is 7.59. The number of thiocarbonyl (C=S) groups is 1. The summed E-state index contributed by atoms with van der Waals surface area (Å²) in [6.07, 6.45) is 2.25. The Morgan fingerprint density at radius 3 is 2.60 bits per heavy atom. The van der Waals surface area contributed by atoms with Crippen molar-refractivity contribution in [3.8, 4) is 0 Å². The van der Waals surface area contributed by atoms with Crippen molar-refractivity contribution in [2.75, 3.05) is 13.1 Å². The van der Waals surface area contributed by atoms with Crippen LogP contribution in [0.5, 0.6) is 0 Å². The lowest BCUT2D eigenvalue weighted by Crippen LogP contribution is -2.33. The van der Waals surface area contributed by atoms with Crippen LogP contribution < -0.4 is 5.73 Å². The lowest BCUT2D eigenvalue weighted by atomic mass is 10.1. The fraction of sp³-hybridized carbons (Fsp3) is 0.500. The summed E-state index contributed by atoms with van der Waals surface area (Å²) in [5.74, 6) is 0.517. The molecule has 1 aromatic carbocycles. The highest BCUT2D eigenvalue weighted by Crippen LogP contribution is 2.32.